The van der Waals surface area contributed by atoms with Gasteiger partial charge in [-0.1, -0.05) is 13.3 Å². The second kappa shape index (κ2) is 10.3. The number of likely N-dealkylation sites (N-methyl/N-ethyl adjacent to an activating group) is 1. The number of Topliss-reactive ketones (excluding diaryl/α,β-unsaturated/α-hetero) is 2. The number of unbranched alkanes of at least 4 members (excludes halogenated alkanes) is 1. The smallest absolute Gasteiger partial charge is 0.255 e. The van der Waals surface area contributed by atoms with Crippen molar-refractivity contribution in [2.45, 2.75) is 50.8 Å². The van der Waals surface area contributed by atoms with Gasteiger partial charge in [-0.3, -0.25) is 19.3 Å². The molecule has 1 aromatic rings. The zero-order valence-electron chi connectivity index (χ0n) is 23.0. The first-order valence-electron chi connectivity index (χ1n) is 13.2. The van der Waals surface area contributed by atoms with Crippen LogP contribution < -0.4 is 16.0 Å². The molecular formula is C28H38N4O7. The number of aromatic hydroxyl groups is 1. The van der Waals surface area contributed by atoms with Gasteiger partial charge in [-0.2, -0.15) is 0 Å². The summed E-state index contributed by atoms with van der Waals surface area (Å²) in [5.74, 6) is -6.50. The Morgan fingerprint density at radius 1 is 1.18 bits per heavy atom. The summed E-state index contributed by atoms with van der Waals surface area (Å²) >= 11 is 0. The predicted octanol–water partition coefficient (Wildman–Crippen LogP) is 1.08. The topological polar surface area (TPSA) is 177 Å². The number of ketones is 2. The van der Waals surface area contributed by atoms with Crippen molar-refractivity contribution in [1.29, 1.82) is 0 Å². The number of fused-ring (bicyclic) bond motifs is 3. The van der Waals surface area contributed by atoms with E-state index in [0.717, 1.165) is 25.1 Å². The van der Waals surface area contributed by atoms with E-state index in [0.29, 0.717) is 17.7 Å². The van der Waals surface area contributed by atoms with Crippen LogP contribution in [0.3, 0.4) is 0 Å². The molecule has 212 valence electrons. The number of benzene rings is 1. The van der Waals surface area contributed by atoms with Gasteiger partial charge in [0.15, 0.2) is 11.4 Å². The van der Waals surface area contributed by atoms with Crippen LogP contribution in [-0.4, -0.2) is 89.2 Å². The van der Waals surface area contributed by atoms with E-state index in [1.165, 1.54) is 4.90 Å². The number of hydrogen-bond acceptors (Lipinski definition) is 10. The fourth-order valence-electron chi connectivity index (χ4n) is 6.41. The quantitative estimate of drug-likeness (QED) is 0.206. The number of rotatable bonds is 8. The zero-order valence-corrected chi connectivity index (χ0v) is 23.0. The van der Waals surface area contributed by atoms with E-state index in [-0.39, 0.29) is 29.7 Å². The highest BCUT2D eigenvalue weighted by atomic mass is 16.3. The van der Waals surface area contributed by atoms with Gasteiger partial charge in [-0.15, -0.1) is 0 Å². The fraction of sp³-hybridized carbons (Fsp3) is 0.536. The van der Waals surface area contributed by atoms with Crippen LogP contribution >= 0.6 is 0 Å². The SMILES string of the molecule is CCCCNCc1cc(N(C)C)c2c(c1O)C(=O)C1=C(O)[C@@]3(O)C(=O)C(C(N)=O)=C(O)[C@H](N(C)C)[C@H]3C[C@H]1C2. The number of primary amides is 1. The van der Waals surface area contributed by atoms with Crippen LogP contribution in [0, 0.1) is 11.8 Å². The Balaban J connectivity index is 1.90. The number of allylic oxidation sites excluding steroid dienone is 1. The Kier molecular flexibility index (Phi) is 7.54. The standard InChI is InChI=1S/C28H38N4O7/c1-6-7-8-30-12-14-11-17(31(2)3)15-9-13-10-16-21(32(4)5)24(35)20(27(29)38)26(37)28(16,39)25(36)18(13)23(34)19(15)22(14)33/h11,13,16,21,30,33,35-36,39H,6-10,12H2,1-5H3,(H2,29,38)/t13-,16-,21-,28-/m1/s1. The minimum absolute atomic E-state index is 0.0225. The molecule has 1 aromatic carbocycles. The third kappa shape index (κ3) is 4.29. The number of aliphatic hydroxyl groups is 3. The van der Waals surface area contributed by atoms with Gasteiger partial charge >= 0.3 is 0 Å². The van der Waals surface area contributed by atoms with Crippen LogP contribution in [0.25, 0.3) is 0 Å². The van der Waals surface area contributed by atoms with Gasteiger partial charge in [0.1, 0.15) is 22.8 Å². The fourth-order valence-corrected chi connectivity index (χ4v) is 6.41. The van der Waals surface area contributed by atoms with E-state index in [1.807, 2.05) is 25.1 Å². The van der Waals surface area contributed by atoms with Gasteiger partial charge in [0.2, 0.25) is 5.78 Å². The molecule has 3 aliphatic carbocycles. The molecule has 0 aromatic heterocycles. The number of carbonyl (C=O) groups is 3. The van der Waals surface area contributed by atoms with E-state index in [4.69, 9.17) is 5.73 Å². The molecular weight excluding hydrogens is 504 g/mol. The zero-order chi connectivity index (χ0) is 29.0. The maximum Gasteiger partial charge on any atom is 0.255 e. The van der Waals surface area contributed by atoms with Crippen LogP contribution in [0.4, 0.5) is 5.69 Å². The van der Waals surface area contributed by atoms with E-state index >= 15 is 0 Å². The summed E-state index contributed by atoms with van der Waals surface area (Å²) in [5, 5.41) is 48.6. The summed E-state index contributed by atoms with van der Waals surface area (Å²) in [6.45, 7) is 3.13. The van der Waals surface area contributed by atoms with Crippen molar-refractivity contribution in [3.8, 4) is 5.75 Å². The van der Waals surface area contributed by atoms with Crippen molar-refractivity contribution >= 4 is 23.2 Å². The van der Waals surface area contributed by atoms with E-state index < -0.39 is 58.0 Å². The van der Waals surface area contributed by atoms with Crippen molar-refractivity contribution in [3.63, 3.8) is 0 Å². The average Bonchev–Trinajstić information content (AvgIpc) is 2.84. The van der Waals surface area contributed by atoms with Gasteiger partial charge in [-0.05, 0) is 57.5 Å². The third-order valence-corrected chi connectivity index (χ3v) is 8.28. The molecule has 11 heteroatoms. The van der Waals surface area contributed by atoms with Crippen LogP contribution in [0.15, 0.2) is 28.7 Å². The highest BCUT2D eigenvalue weighted by molar-refractivity contribution is 6.24. The molecule has 11 nitrogen and oxygen atoms in total. The molecule has 39 heavy (non-hydrogen) atoms. The second-order valence-corrected chi connectivity index (χ2v) is 11.1. The van der Waals surface area contributed by atoms with Crippen molar-refractivity contribution < 1.29 is 34.8 Å². The van der Waals surface area contributed by atoms with Crippen LogP contribution in [0.2, 0.25) is 0 Å². The van der Waals surface area contributed by atoms with Crippen LogP contribution in [0.1, 0.15) is 47.7 Å². The molecule has 4 atom stereocenters. The lowest BCUT2D eigenvalue weighted by Gasteiger charge is -2.50. The highest BCUT2D eigenvalue weighted by Gasteiger charge is 2.63. The minimum atomic E-state index is -2.65. The average molecular weight is 543 g/mol. The molecule has 3 aliphatic rings. The predicted molar refractivity (Wildman–Crippen MR) is 145 cm³/mol. The number of anilines is 1. The van der Waals surface area contributed by atoms with Crippen molar-refractivity contribution in [2.75, 3.05) is 39.6 Å². The molecule has 0 fully saturated rings. The molecule has 1 amide bonds. The van der Waals surface area contributed by atoms with Crippen molar-refractivity contribution in [3.05, 3.63) is 45.4 Å². The first-order valence-corrected chi connectivity index (χ1v) is 13.2. The van der Waals surface area contributed by atoms with Gasteiger partial charge < -0.3 is 36.4 Å². The number of hydrogen-bond donors (Lipinski definition) is 6. The summed E-state index contributed by atoms with van der Waals surface area (Å²) in [6.07, 6.45) is 2.26. The summed E-state index contributed by atoms with van der Waals surface area (Å²) in [7, 11) is 6.88. The number of nitrogens with two attached hydrogens (primary N) is 1. The van der Waals surface area contributed by atoms with Gasteiger partial charge in [0.05, 0.1) is 11.6 Å². The largest absolute Gasteiger partial charge is 0.510 e. The maximum absolute atomic E-state index is 14.0. The lowest BCUT2D eigenvalue weighted by atomic mass is 9.58. The summed E-state index contributed by atoms with van der Waals surface area (Å²) in [6, 6.07) is 0.822. The molecule has 0 bridgehead atoms. The highest BCUT2D eigenvalue weighted by Crippen LogP contribution is 2.53. The number of carbonyl (C=O) groups excluding carboxylic acids is 3. The molecule has 0 unspecified atom stereocenters. The first kappa shape index (κ1) is 28.6. The summed E-state index contributed by atoms with van der Waals surface area (Å²) < 4.78 is 0. The number of phenolic OH excluding ortho intramolecular Hbond substituents is 1. The Hall–Kier alpha value is -3.41. The van der Waals surface area contributed by atoms with Crippen LogP contribution in [0.5, 0.6) is 5.75 Å². The van der Waals surface area contributed by atoms with E-state index in [9.17, 15) is 34.8 Å². The molecule has 4 rings (SSSR count). The maximum atomic E-state index is 14.0. The monoisotopic (exact) mass is 542 g/mol. The minimum Gasteiger partial charge on any atom is -0.510 e. The number of phenols is 1. The number of aliphatic hydroxyl groups excluding tert-OH is 2. The van der Waals surface area contributed by atoms with Gasteiger partial charge in [-0.25, -0.2) is 0 Å². The summed E-state index contributed by atoms with van der Waals surface area (Å²) in [5.41, 5.74) is 3.64. The number of nitrogens with one attached hydrogen (secondary N) is 1. The van der Waals surface area contributed by atoms with E-state index in [2.05, 4.69) is 12.2 Å². The van der Waals surface area contributed by atoms with Gasteiger partial charge in [0.25, 0.3) is 5.91 Å². The molecule has 0 radical (unpaired) electrons. The third-order valence-electron chi connectivity index (χ3n) is 8.28. The Morgan fingerprint density at radius 2 is 1.85 bits per heavy atom. The van der Waals surface area contributed by atoms with E-state index in [1.54, 1.807) is 14.1 Å². The van der Waals surface area contributed by atoms with Crippen molar-refractivity contribution in [1.82, 2.24) is 10.2 Å². The Labute approximate surface area is 227 Å². The second-order valence-electron chi connectivity index (χ2n) is 11.1. The normalized spacial score (nSPS) is 26.5. The van der Waals surface area contributed by atoms with Crippen LogP contribution in [-0.2, 0) is 22.6 Å². The van der Waals surface area contributed by atoms with Gasteiger partial charge in [0, 0.05) is 43.4 Å². The molecule has 0 saturated heterocycles. The molecule has 0 spiro atoms. The molecule has 0 saturated carbocycles. The Morgan fingerprint density at radius 3 is 2.41 bits per heavy atom. The van der Waals surface area contributed by atoms with Crippen molar-refractivity contribution in [2.24, 2.45) is 17.6 Å². The number of amides is 1. The Bertz CT molecular complexity index is 1300. The molecule has 7 N–H and O–H groups in total. The number of nitrogens with zero attached hydrogens (tertiary/aromatic N) is 2. The first-order chi connectivity index (χ1) is 18.3. The summed E-state index contributed by atoms with van der Waals surface area (Å²) in [4.78, 5) is 42.9. The lowest BCUT2D eigenvalue weighted by Crippen LogP contribution is -2.63. The molecule has 0 heterocycles. The lowest BCUT2D eigenvalue weighted by molar-refractivity contribution is -0.148. The molecule has 0 aliphatic heterocycles.